The van der Waals surface area contributed by atoms with Gasteiger partial charge in [-0.15, -0.1) is 24.8 Å². The average molecular weight is 616 g/mol. The van der Waals surface area contributed by atoms with Crippen LogP contribution >= 0.6 is 48.0 Å². The maximum Gasteiger partial charge on any atom is 0.240 e. The molecule has 0 unspecified atom stereocenters. The molecule has 0 saturated carbocycles. The molecule has 3 saturated heterocycles. The second kappa shape index (κ2) is 15.8. The number of carbonyl (C=O) groups is 1. The van der Waals surface area contributed by atoms with Crippen molar-refractivity contribution in [3.8, 4) is 0 Å². The van der Waals surface area contributed by atoms with Gasteiger partial charge in [-0.3, -0.25) is 9.69 Å². The highest BCUT2D eigenvalue weighted by atomic mass is 35.5. The maximum atomic E-state index is 13.9. The van der Waals surface area contributed by atoms with Gasteiger partial charge in [0.25, 0.3) is 0 Å². The quantitative estimate of drug-likeness (QED) is 0.313. The normalized spacial score (nSPS) is 19.8. The molecule has 3 aliphatic rings. The molecule has 0 aromatic heterocycles. The van der Waals surface area contributed by atoms with Gasteiger partial charge in [-0.1, -0.05) is 60.0 Å². The minimum atomic E-state index is -0.150. The molecule has 0 bridgehead atoms. The van der Waals surface area contributed by atoms with E-state index in [-0.39, 0.29) is 36.8 Å². The molecule has 4 nitrogen and oxygen atoms in total. The molecule has 3 fully saturated rings. The fraction of sp³-hybridized carbons (Fsp3) is 0.581. The first kappa shape index (κ1) is 32.5. The zero-order valence-corrected chi connectivity index (χ0v) is 26.0. The van der Waals surface area contributed by atoms with E-state index in [4.69, 9.17) is 23.2 Å². The van der Waals surface area contributed by atoms with E-state index in [1.165, 1.54) is 50.0 Å². The number of rotatable bonds is 8. The van der Waals surface area contributed by atoms with Gasteiger partial charge in [0.15, 0.2) is 0 Å². The molecule has 39 heavy (non-hydrogen) atoms. The van der Waals surface area contributed by atoms with Gasteiger partial charge in [-0.05, 0) is 112 Å². The molecule has 0 N–H and O–H groups in total. The Kier molecular flexibility index (Phi) is 13.2. The Balaban J connectivity index is 0.00000210. The number of benzene rings is 2. The largest absolute Gasteiger partial charge is 0.341 e. The van der Waals surface area contributed by atoms with E-state index < -0.39 is 0 Å². The van der Waals surface area contributed by atoms with Crippen molar-refractivity contribution in [2.24, 2.45) is 0 Å². The van der Waals surface area contributed by atoms with E-state index in [2.05, 4.69) is 39.0 Å². The third-order valence-corrected chi connectivity index (χ3v) is 9.33. The summed E-state index contributed by atoms with van der Waals surface area (Å²) in [7, 11) is 0. The van der Waals surface area contributed by atoms with Crippen molar-refractivity contribution in [1.82, 2.24) is 14.7 Å². The number of likely N-dealkylation sites (tertiary alicyclic amines) is 3. The van der Waals surface area contributed by atoms with Crippen LogP contribution in [0.5, 0.6) is 0 Å². The summed E-state index contributed by atoms with van der Waals surface area (Å²) in [5.74, 6) is 0.812. The number of carbonyl (C=O) groups excluding carboxylic acids is 1. The molecule has 3 aliphatic heterocycles. The van der Waals surface area contributed by atoms with Crippen molar-refractivity contribution in [3.05, 3.63) is 69.2 Å². The minimum absolute atomic E-state index is 0. The first-order valence-corrected chi connectivity index (χ1v) is 15.1. The van der Waals surface area contributed by atoms with Crippen LogP contribution in [0.4, 0.5) is 0 Å². The molecule has 0 radical (unpaired) electrons. The van der Waals surface area contributed by atoms with Crippen molar-refractivity contribution in [3.63, 3.8) is 0 Å². The molecule has 5 rings (SSSR count). The van der Waals surface area contributed by atoms with Crippen LogP contribution in [-0.2, 0) is 17.6 Å². The van der Waals surface area contributed by atoms with Crippen LogP contribution in [0.1, 0.15) is 67.6 Å². The summed E-state index contributed by atoms with van der Waals surface area (Å²) in [6.07, 6.45) is 10.1. The molecular weight excluding hydrogens is 572 g/mol. The number of hydrogen-bond acceptors (Lipinski definition) is 3. The summed E-state index contributed by atoms with van der Waals surface area (Å²) in [5, 5.41) is 1.30. The number of piperidine rings is 2. The zero-order valence-electron chi connectivity index (χ0n) is 22.8. The van der Waals surface area contributed by atoms with Crippen LogP contribution < -0.4 is 0 Å². The molecule has 1 atom stereocenters. The molecule has 8 heteroatoms. The number of hydrogen-bond donors (Lipinski definition) is 0. The Morgan fingerprint density at radius 2 is 1.49 bits per heavy atom. The van der Waals surface area contributed by atoms with Crippen LogP contribution in [0.2, 0.25) is 10.0 Å². The first-order chi connectivity index (χ1) is 18.1. The Labute approximate surface area is 257 Å². The van der Waals surface area contributed by atoms with Crippen LogP contribution in [0.15, 0.2) is 42.5 Å². The van der Waals surface area contributed by atoms with E-state index >= 15 is 0 Å². The Morgan fingerprint density at radius 3 is 2.18 bits per heavy atom. The first-order valence-electron chi connectivity index (χ1n) is 14.4. The van der Waals surface area contributed by atoms with Gasteiger partial charge < -0.3 is 9.80 Å². The standard InChI is InChI=1S/C31H41Cl2N3O.2ClH/c32-27-11-10-26(29(33)23-27)22-30(35-17-4-1-5-18-35)31(37)36-20-13-25(14-21-36)28-9-3-2-8-24(28)12-19-34-15-6-7-16-34;;/h2-3,8-11,23,25,30H,1,4-7,12-22H2;2*1H/t30-;;/m1../s1. The van der Waals surface area contributed by atoms with E-state index in [0.29, 0.717) is 22.4 Å². The summed E-state index contributed by atoms with van der Waals surface area (Å²) >= 11 is 12.7. The maximum absolute atomic E-state index is 13.9. The molecule has 0 spiro atoms. The molecule has 2 aromatic carbocycles. The number of amides is 1. The summed E-state index contributed by atoms with van der Waals surface area (Å²) in [6.45, 7) is 7.32. The molecule has 216 valence electrons. The SMILES string of the molecule is Cl.Cl.O=C([C@@H](Cc1ccc(Cl)cc1Cl)N1CCCCC1)N1CCC(c2ccccc2CCN2CCCC2)CC1. The summed E-state index contributed by atoms with van der Waals surface area (Å²) in [4.78, 5) is 21.1. The van der Waals surface area contributed by atoms with E-state index in [0.717, 1.165) is 63.8 Å². The monoisotopic (exact) mass is 613 g/mol. The van der Waals surface area contributed by atoms with Crippen LogP contribution in [0, 0.1) is 0 Å². The highest BCUT2D eigenvalue weighted by Crippen LogP contribution is 2.32. The van der Waals surface area contributed by atoms with Crippen molar-refractivity contribution >= 4 is 53.9 Å². The predicted molar refractivity (Wildman–Crippen MR) is 168 cm³/mol. The van der Waals surface area contributed by atoms with Gasteiger partial charge in [0.2, 0.25) is 5.91 Å². The lowest BCUT2D eigenvalue weighted by atomic mass is 9.85. The Hall–Kier alpha value is -1.01. The van der Waals surface area contributed by atoms with Crippen LogP contribution in [0.3, 0.4) is 0 Å². The highest BCUT2D eigenvalue weighted by molar-refractivity contribution is 6.35. The van der Waals surface area contributed by atoms with Gasteiger partial charge in [-0.2, -0.15) is 0 Å². The molecule has 1 amide bonds. The number of nitrogens with zero attached hydrogens (tertiary/aromatic N) is 3. The van der Waals surface area contributed by atoms with Gasteiger partial charge in [-0.25, -0.2) is 0 Å². The van der Waals surface area contributed by atoms with E-state index in [1.807, 2.05) is 12.1 Å². The van der Waals surface area contributed by atoms with Crippen LogP contribution in [0.25, 0.3) is 0 Å². The van der Waals surface area contributed by atoms with Gasteiger partial charge in [0, 0.05) is 29.7 Å². The summed E-state index contributed by atoms with van der Waals surface area (Å²) in [6, 6.07) is 14.5. The van der Waals surface area contributed by atoms with E-state index in [9.17, 15) is 4.79 Å². The topological polar surface area (TPSA) is 26.8 Å². The molecular formula is C31H43Cl4N3O. The average Bonchev–Trinajstić information content (AvgIpc) is 3.46. The lowest BCUT2D eigenvalue weighted by Gasteiger charge is -2.39. The molecule has 2 aromatic rings. The molecule has 0 aliphatic carbocycles. The fourth-order valence-electron chi connectivity index (χ4n) is 6.56. The van der Waals surface area contributed by atoms with Crippen LogP contribution in [-0.4, -0.2) is 72.5 Å². The lowest BCUT2D eigenvalue weighted by Crippen LogP contribution is -2.53. The number of halogens is 4. The zero-order chi connectivity index (χ0) is 25.6. The molecule has 3 heterocycles. The highest BCUT2D eigenvalue weighted by Gasteiger charge is 2.34. The minimum Gasteiger partial charge on any atom is -0.341 e. The summed E-state index contributed by atoms with van der Waals surface area (Å²) < 4.78 is 0. The second-order valence-corrected chi connectivity index (χ2v) is 12.0. The van der Waals surface area contributed by atoms with Gasteiger partial charge >= 0.3 is 0 Å². The Morgan fingerprint density at radius 1 is 0.821 bits per heavy atom. The fourth-order valence-corrected chi connectivity index (χ4v) is 7.05. The lowest BCUT2D eigenvalue weighted by molar-refractivity contribution is -0.138. The van der Waals surface area contributed by atoms with Crippen molar-refractivity contribution in [2.75, 3.05) is 45.8 Å². The smallest absolute Gasteiger partial charge is 0.240 e. The van der Waals surface area contributed by atoms with Crippen molar-refractivity contribution in [1.29, 1.82) is 0 Å². The van der Waals surface area contributed by atoms with Crippen molar-refractivity contribution in [2.45, 2.75) is 69.7 Å². The van der Waals surface area contributed by atoms with Gasteiger partial charge in [0.05, 0.1) is 6.04 Å². The van der Waals surface area contributed by atoms with Crippen molar-refractivity contribution < 1.29 is 4.79 Å². The second-order valence-electron chi connectivity index (χ2n) is 11.1. The third kappa shape index (κ3) is 8.50. The Bertz CT molecular complexity index is 1050. The third-order valence-electron chi connectivity index (χ3n) is 8.74. The van der Waals surface area contributed by atoms with Gasteiger partial charge in [0.1, 0.15) is 0 Å². The van der Waals surface area contributed by atoms with E-state index in [1.54, 1.807) is 6.07 Å². The summed E-state index contributed by atoms with van der Waals surface area (Å²) in [5.41, 5.74) is 4.02. The predicted octanol–water partition coefficient (Wildman–Crippen LogP) is 7.28.